The number of rotatable bonds is 6. The molecule has 0 aliphatic heterocycles. The topological polar surface area (TPSA) is 57.6 Å². The number of aliphatic hydroxyl groups excluding tert-OH is 1. The summed E-state index contributed by atoms with van der Waals surface area (Å²) in [4.78, 5) is 23.0. The van der Waals surface area contributed by atoms with Gasteiger partial charge in [-0.3, -0.25) is 9.59 Å². The lowest BCUT2D eigenvalue weighted by Crippen LogP contribution is -2.24. The maximum atomic E-state index is 12.5. The Kier molecular flexibility index (Phi) is 7.93. The number of carbonyl (C=O) groups excluding carboxylic acids is 2. The first-order valence-corrected chi connectivity index (χ1v) is 6.31. The first-order chi connectivity index (χ1) is 10.1. The van der Waals surface area contributed by atoms with Crippen molar-refractivity contribution in [2.45, 2.75) is 20.0 Å². The smallest absolute Gasteiger partial charge is 0.394 e. The molecule has 1 N–H and O–H groups in total. The zero-order chi connectivity index (χ0) is 17.3. The van der Waals surface area contributed by atoms with Gasteiger partial charge in [-0.05, 0) is 31.2 Å². The SMILES string of the molecule is C\C(O)=C/C=C(\C=C\C(C)C(F)(F)F)N(C)C(=O)/C=C\C=O. The van der Waals surface area contributed by atoms with E-state index in [1.807, 2.05) is 0 Å². The summed E-state index contributed by atoms with van der Waals surface area (Å²) in [5.74, 6) is -2.35. The van der Waals surface area contributed by atoms with Crippen LogP contribution in [0.25, 0.3) is 0 Å². The first kappa shape index (κ1) is 19.7. The first-order valence-electron chi connectivity index (χ1n) is 6.31. The molecule has 0 aliphatic carbocycles. The zero-order valence-electron chi connectivity index (χ0n) is 12.5. The molecule has 0 aromatic heterocycles. The summed E-state index contributed by atoms with van der Waals surface area (Å²) in [6.07, 6.45) is 2.55. The lowest BCUT2D eigenvalue weighted by atomic mass is 10.1. The molecule has 0 rings (SSSR count). The molecule has 7 heteroatoms. The Morgan fingerprint density at radius 3 is 2.27 bits per heavy atom. The Hall–Kier alpha value is -2.31. The van der Waals surface area contributed by atoms with Crippen molar-refractivity contribution in [2.75, 3.05) is 7.05 Å². The second-order valence-electron chi connectivity index (χ2n) is 4.48. The summed E-state index contributed by atoms with van der Waals surface area (Å²) in [7, 11) is 1.34. The Morgan fingerprint density at radius 2 is 1.82 bits per heavy atom. The number of nitrogens with zero attached hydrogens (tertiary/aromatic N) is 1. The van der Waals surface area contributed by atoms with Gasteiger partial charge < -0.3 is 10.0 Å². The zero-order valence-corrected chi connectivity index (χ0v) is 12.5. The van der Waals surface area contributed by atoms with Crippen molar-refractivity contribution >= 4 is 12.2 Å². The van der Waals surface area contributed by atoms with Crippen LogP contribution < -0.4 is 0 Å². The predicted molar refractivity (Wildman–Crippen MR) is 76.8 cm³/mol. The number of carbonyl (C=O) groups is 2. The van der Waals surface area contributed by atoms with E-state index in [-0.39, 0.29) is 11.5 Å². The summed E-state index contributed by atoms with van der Waals surface area (Å²) in [6.45, 7) is 2.36. The van der Waals surface area contributed by atoms with Gasteiger partial charge in [0.15, 0.2) is 0 Å². The third-order valence-corrected chi connectivity index (χ3v) is 2.60. The van der Waals surface area contributed by atoms with Crippen LogP contribution in [0, 0.1) is 5.92 Å². The Labute approximate surface area is 126 Å². The van der Waals surface area contributed by atoms with Crippen LogP contribution in [0.1, 0.15) is 13.8 Å². The van der Waals surface area contributed by atoms with E-state index in [0.717, 1.165) is 36.1 Å². The van der Waals surface area contributed by atoms with Gasteiger partial charge in [-0.15, -0.1) is 0 Å². The van der Waals surface area contributed by atoms with Crippen LogP contribution in [-0.4, -0.2) is 35.4 Å². The highest BCUT2D eigenvalue weighted by Crippen LogP contribution is 2.27. The number of allylic oxidation sites excluding steroid dienone is 6. The van der Waals surface area contributed by atoms with E-state index in [9.17, 15) is 22.8 Å². The second-order valence-corrected chi connectivity index (χ2v) is 4.48. The molecule has 0 fully saturated rings. The number of amides is 1. The van der Waals surface area contributed by atoms with E-state index in [1.54, 1.807) is 0 Å². The normalized spacial score (nSPS) is 15.4. The molecule has 1 unspecified atom stereocenters. The fourth-order valence-electron chi connectivity index (χ4n) is 1.20. The van der Waals surface area contributed by atoms with Gasteiger partial charge in [-0.25, -0.2) is 0 Å². The summed E-state index contributed by atoms with van der Waals surface area (Å²) in [5, 5.41) is 9.12. The van der Waals surface area contributed by atoms with Crippen LogP contribution in [0.3, 0.4) is 0 Å². The summed E-state index contributed by atoms with van der Waals surface area (Å²) in [5.41, 5.74) is 0.130. The van der Waals surface area contributed by atoms with Crippen LogP contribution in [0.15, 0.2) is 47.9 Å². The lowest BCUT2D eigenvalue weighted by molar-refractivity contribution is -0.156. The number of hydrogen-bond acceptors (Lipinski definition) is 3. The van der Waals surface area contributed by atoms with Crippen molar-refractivity contribution in [3.63, 3.8) is 0 Å². The van der Waals surface area contributed by atoms with Crippen molar-refractivity contribution in [2.24, 2.45) is 5.92 Å². The average molecular weight is 317 g/mol. The van der Waals surface area contributed by atoms with Crippen LogP contribution in [-0.2, 0) is 9.59 Å². The molecule has 0 saturated carbocycles. The van der Waals surface area contributed by atoms with Crippen molar-refractivity contribution in [3.8, 4) is 0 Å². The lowest BCUT2D eigenvalue weighted by Gasteiger charge is -2.17. The third-order valence-electron chi connectivity index (χ3n) is 2.60. The number of likely N-dealkylation sites (N-methyl/N-ethyl adjacent to an activating group) is 1. The number of hydrogen-bond donors (Lipinski definition) is 1. The summed E-state index contributed by atoms with van der Waals surface area (Å²) >= 11 is 0. The highest BCUT2D eigenvalue weighted by molar-refractivity contribution is 5.92. The van der Waals surface area contributed by atoms with E-state index in [2.05, 4.69) is 0 Å². The number of aliphatic hydroxyl groups is 1. The molecule has 0 aliphatic rings. The van der Waals surface area contributed by atoms with E-state index in [1.165, 1.54) is 26.1 Å². The van der Waals surface area contributed by atoms with Gasteiger partial charge in [0.25, 0.3) is 5.91 Å². The molecule has 0 spiro atoms. The van der Waals surface area contributed by atoms with Gasteiger partial charge in [0.2, 0.25) is 0 Å². The molecule has 4 nitrogen and oxygen atoms in total. The summed E-state index contributed by atoms with van der Waals surface area (Å²) < 4.78 is 37.5. The Bertz CT molecular complexity index is 513. The average Bonchev–Trinajstić information content (AvgIpc) is 2.42. The molecule has 1 atom stereocenters. The van der Waals surface area contributed by atoms with Gasteiger partial charge >= 0.3 is 6.18 Å². The molecule has 0 saturated heterocycles. The van der Waals surface area contributed by atoms with Crippen molar-refractivity contribution in [1.29, 1.82) is 0 Å². The van der Waals surface area contributed by atoms with E-state index >= 15 is 0 Å². The second kappa shape index (κ2) is 8.86. The monoisotopic (exact) mass is 317 g/mol. The predicted octanol–water partition coefficient (Wildman–Crippen LogP) is 3.30. The Balaban J connectivity index is 5.40. The fourth-order valence-corrected chi connectivity index (χ4v) is 1.20. The van der Waals surface area contributed by atoms with Crippen LogP contribution in [0.5, 0.6) is 0 Å². The molecule has 1 amide bonds. The maximum Gasteiger partial charge on any atom is 0.394 e. The van der Waals surface area contributed by atoms with Gasteiger partial charge in [0, 0.05) is 18.8 Å². The van der Waals surface area contributed by atoms with Gasteiger partial charge in [-0.1, -0.05) is 13.0 Å². The van der Waals surface area contributed by atoms with Gasteiger partial charge in [0.1, 0.15) is 6.29 Å². The van der Waals surface area contributed by atoms with Crippen LogP contribution >= 0.6 is 0 Å². The molecular weight excluding hydrogens is 299 g/mol. The van der Waals surface area contributed by atoms with E-state index in [4.69, 9.17) is 5.11 Å². The molecule has 122 valence electrons. The summed E-state index contributed by atoms with van der Waals surface area (Å²) in [6, 6.07) is 0. The number of halogens is 3. The van der Waals surface area contributed by atoms with Gasteiger partial charge in [-0.2, -0.15) is 13.2 Å². The van der Waals surface area contributed by atoms with E-state index < -0.39 is 18.0 Å². The minimum absolute atomic E-state index is 0.0703. The molecule has 0 aromatic rings. The molecular formula is C15H18F3NO3. The highest BCUT2D eigenvalue weighted by atomic mass is 19.4. The Morgan fingerprint density at radius 1 is 1.23 bits per heavy atom. The number of alkyl halides is 3. The fraction of sp³-hybridized carbons (Fsp3) is 0.333. The van der Waals surface area contributed by atoms with E-state index in [0.29, 0.717) is 6.29 Å². The largest absolute Gasteiger partial charge is 0.513 e. The standard InChI is InChI=1S/C15H18F3NO3/c1-11(15(16,17)18)6-8-13(9-7-12(2)21)19(3)14(22)5-4-10-20/h4-11,21H,1-3H3/b5-4-,8-6+,12-7+,13-9+. The molecule has 0 heterocycles. The third kappa shape index (κ3) is 7.47. The minimum Gasteiger partial charge on any atom is -0.513 e. The van der Waals surface area contributed by atoms with Crippen LogP contribution in [0.4, 0.5) is 13.2 Å². The minimum atomic E-state index is -4.38. The quantitative estimate of drug-likeness (QED) is 0.354. The number of aldehydes is 1. The van der Waals surface area contributed by atoms with Crippen molar-refractivity contribution in [3.05, 3.63) is 47.9 Å². The maximum absolute atomic E-state index is 12.5. The van der Waals surface area contributed by atoms with Crippen molar-refractivity contribution in [1.82, 2.24) is 4.90 Å². The van der Waals surface area contributed by atoms with Crippen molar-refractivity contribution < 1.29 is 27.9 Å². The van der Waals surface area contributed by atoms with Crippen LogP contribution in [0.2, 0.25) is 0 Å². The molecule has 0 radical (unpaired) electrons. The molecule has 0 aromatic carbocycles. The highest BCUT2D eigenvalue weighted by Gasteiger charge is 2.33. The molecule has 22 heavy (non-hydrogen) atoms. The van der Waals surface area contributed by atoms with Gasteiger partial charge in [0.05, 0.1) is 11.7 Å². The molecule has 0 bridgehead atoms.